The third-order valence-corrected chi connectivity index (χ3v) is 0.357. The van der Waals surface area contributed by atoms with Crippen molar-refractivity contribution in [3.63, 3.8) is 0 Å². The number of carboxylic acid groups (broad SMARTS) is 1. The average molecular weight is 362 g/mol. The molecule has 1 atom stereocenters. The van der Waals surface area contributed by atoms with Crippen molar-refractivity contribution in [3.8, 4) is 0 Å². The van der Waals surface area contributed by atoms with Gasteiger partial charge in [-0.2, -0.15) is 8.42 Å². The van der Waals surface area contributed by atoms with Crippen LogP contribution in [0.1, 0.15) is 6.92 Å². The summed E-state index contributed by atoms with van der Waals surface area (Å²) < 4.78 is 31.6. The van der Waals surface area contributed by atoms with Gasteiger partial charge in [-0.25, -0.2) is 4.79 Å². The summed E-state index contributed by atoms with van der Waals surface area (Å²) >= 11 is 0. The van der Waals surface area contributed by atoms with Crippen molar-refractivity contribution < 1.29 is 59.9 Å². The van der Waals surface area contributed by atoms with E-state index in [4.69, 9.17) is 27.7 Å². The molecule has 0 saturated heterocycles. The van der Waals surface area contributed by atoms with Crippen LogP contribution in [0.15, 0.2) is 0 Å². The van der Waals surface area contributed by atoms with E-state index < -0.39 is 22.5 Å². The summed E-state index contributed by atoms with van der Waals surface area (Å²) in [5, 5.41) is 15.8. The molecule has 0 aromatic carbocycles. The van der Waals surface area contributed by atoms with Crippen molar-refractivity contribution in [3.05, 3.63) is 0 Å². The number of aliphatic hydroxyl groups excluding tert-OH is 1. The van der Waals surface area contributed by atoms with E-state index in [2.05, 4.69) is 0 Å². The maximum absolute atomic E-state index is 9.45. The summed E-state index contributed by atoms with van der Waals surface area (Å²) in [5.41, 5.74) is 0. The fourth-order valence-electron chi connectivity index (χ4n) is 0. The van der Waals surface area contributed by atoms with Crippen LogP contribution in [0.5, 0.6) is 0 Å². The van der Waals surface area contributed by atoms with Gasteiger partial charge in [-0.3, -0.25) is 9.11 Å². The molecular weight excluding hydrogens is 340 g/mol. The van der Waals surface area contributed by atoms with Crippen molar-refractivity contribution in [1.29, 1.82) is 0 Å². The molecule has 14 N–H and O–H groups in total. The van der Waals surface area contributed by atoms with E-state index in [1.807, 2.05) is 0 Å². The summed E-state index contributed by atoms with van der Waals surface area (Å²) in [4.78, 5) is 9.45. The van der Waals surface area contributed by atoms with Crippen LogP contribution in [0.4, 0.5) is 0 Å². The van der Waals surface area contributed by atoms with Gasteiger partial charge in [0.15, 0.2) is 0 Å². The van der Waals surface area contributed by atoms with E-state index in [1.54, 1.807) is 0 Å². The quantitative estimate of drug-likeness (QED) is 0.257. The van der Waals surface area contributed by atoms with Gasteiger partial charge in [0.05, 0.1) is 0 Å². The van der Waals surface area contributed by atoms with Crippen LogP contribution in [0.25, 0.3) is 0 Å². The van der Waals surface area contributed by atoms with Crippen molar-refractivity contribution in [2.45, 2.75) is 13.0 Å². The van der Waals surface area contributed by atoms with Crippen LogP contribution in [0, 0.1) is 0 Å². The molecule has 0 aliphatic rings. The monoisotopic (exact) mass is 362 g/mol. The number of hydrogen-bond acceptors (Lipinski definition) is 4. The van der Waals surface area contributed by atoms with Crippen molar-refractivity contribution in [2.75, 3.05) is 0 Å². The summed E-state index contributed by atoms with van der Waals surface area (Å²) in [5.74, 6) is -1.19. The van der Waals surface area contributed by atoms with Gasteiger partial charge in [0, 0.05) is 0 Å². The number of rotatable bonds is 1. The predicted molar refractivity (Wildman–Crippen MR) is 68.7 cm³/mol. The molecule has 0 spiro atoms. The molecule has 0 aliphatic heterocycles. The molecule has 0 saturated carbocycles. The normalized spacial score (nSPS) is 7.78. The Kier molecular flexibility index (Phi) is 104. The minimum absolute atomic E-state index is 0. The molecule has 1 unspecified atom stereocenters. The summed E-state index contributed by atoms with van der Waals surface area (Å²) in [6.45, 7) is 1.20. The SMILES string of the molecule is CC(O)C(=O)O.O.O.O.O.O.O=S(=O)(O)O.[CaH2].[CaH2]. The third kappa shape index (κ3) is 154. The van der Waals surface area contributed by atoms with Crippen molar-refractivity contribution in [2.24, 2.45) is 0 Å². The van der Waals surface area contributed by atoms with Gasteiger partial charge in [0.2, 0.25) is 0 Å². The topological polar surface area (TPSA) is 290 Å². The van der Waals surface area contributed by atoms with Gasteiger partial charge in [-0.05, 0) is 6.92 Å². The molecule has 0 amide bonds. The first-order valence-corrected chi connectivity index (χ1v) is 3.65. The Bertz CT molecular complexity index is 205. The first-order valence-electron chi connectivity index (χ1n) is 2.25. The summed E-state index contributed by atoms with van der Waals surface area (Å²) in [7, 11) is -4.67. The molecule has 0 heterocycles. The van der Waals surface area contributed by atoms with E-state index in [0.717, 1.165) is 0 Å². The molecule has 12 nitrogen and oxygen atoms in total. The fourth-order valence-corrected chi connectivity index (χ4v) is 0. The zero-order valence-electron chi connectivity index (χ0n) is 8.00. The predicted octanol–water partition coefficient (Wildman–Crippen LogP) is -7.16. The van der Waals surface area contributed by atoms with E-state index >= 15 is 0 Å². The maximum atomic E-state index is 9.45. The van der Waals surface area contributed by atoms with Crippen molar-refractivity contribution >= 4 is 91.8 Å². The molecule has 0 fully saturated rings. The number of aliphatic hydroxyl groups is 1. The Hall–Kier alpha value is 1.62. The number of aliphatic carboxylic acids is 1. The molecule has 0 aromatic heterocycles. The molecule has 0 radical (unpaired) electrons. The Balaban J connectivity index is -0.00000000931. The first kappa shape index (κ1) is 60.3. The van der Waals surface area contributed by atoms with Gasteiger partial charge in [0.1, 0.15) is 6.10 Å². The van der Waals surface area contributed by atoms with Crippen LogP contribution in [0.3, 0.4) is 0 Å². The molecule has 15 heteroatoms. The average Bonchev–Trinajstić information content (AvgIpc) is 1.59. The molecule has 0 aromatic rings. The fraction of sp³-hybridized carbons (Fsp3) is 0.667. The second kappa shape index (κ2) is 31.2. The first-order chi connectivity index (χ1) is 4.64. The number of hydrogen-bond donors (Lipinski definition) is 4. The van der Waals surface area contributed by atoms with Crippen LogP contribution < -0.4 is 0 Å². The van der Waals surface area contributed by atoms with Gasteiger partial charge in [0.25, 0.3) is 0 Å². The Labute approximate surface area is 162 Å². The Morgan fingerprint density at radius 1 is 0.944 bits per heavy atom. The molecule has 0 aliphatic carbocycles. The van der Waals surface area contributed by atoms with E-state index in [1.165, 1.54) is 6.92 Å². The Morgan fingerprint density at radius 3 is 1.00 bits per heavy atom. The third-order valence-electron chi connectivity index (χ3n) is 0.357. The van der Waals surface area contributed by atoms with Gasteiger partial charge in [-0.1, -0.05) is 0 Å². The molecule has 0 rings (SSSR count). The minimum atomic E-state index is -4.67. The molecule has 0 bridgehead atoms. The second-order valence-electron chi connectivity index (χ2n) is 1.46. The van der Waals surface area contributed by atoms with E-state index in [-0.39, 0.29) is 103 Å². The van der Waals surface area contributed by atoms with Crippen LogP contribution >= 0.6 is 0 Å². The van der Waals surface area contributed by atoms with E-state index in [0.29, 0.717) is 0 Å². The summed E-state index contributed by atoms with van der Waals surface area (Å²) in [6.07, 6.45) is -1.23. The number of carboxylic acids is 1. The van der Waals surface area contributed by atoms with Crippen LogP contribution in [-0.4, -0.2) is 143 Å². The molecule has 18 heavy (non-hydrogen) atoms. The molecule has 116 valence electrons. The zero-order valence-corrected chi connectivity index (χ0v) is 8.82. The van der Waals surface area contributed by atoms with E-state index in [9.17, 15) is 4.79 Å². The molecular formula is C3H22Ca2O12S. The van der Waals surface area contributed by atoms with Gasteiger partial charge < -0.3 is 37.6 Å². The van der Waals surface area contributed by atoms with Crippen molar-refractivity contribution in [1.82, 2.24) is 0 Å². The van der Waals surface area contributed by atoms with Crippen LogP contribution in [-0.2, 0) is 15.2 Å². The van der Waals surface area contributed by atoms with Gasteiger partial charge in [-0.15, -0.1) is 0 Å². The Morgan fingerprint density at radius 2 is 1.00 bits per heavy atom. The van der Waals surface area contributed by atoms with Gasteiger partial charge >= 0.3 is 91.8 Å². The number of carbonyl (C=O) groups is 1. The standard InChI is InChI=1S/C3H6O3.2Ca.H2O4S.5H2O.4H/c1-2(4)3(5)6;;;1-5(2,3)4;;;;;;;;;/h2,4H,1H3,(H,5,6);;;(H2,1,2,3,4);5*1H2;;;;. The zero-order chi connectivity index (χ0) is 9.65. The second-order valence-corrected chi connectivity index (χ2v) is 2.36. The van der Waals surface area contributed by atoms with Crippen LogP contribution in [0.2, 0.25) is 0 Å². The summed E-state index contributed by atoms with van der Waals surface area (Å²) in [6, 6.07) is 0.